The predicted octanol–water partition coefficient (Wildman–Crippen LogP) is 0.0712. The molecule has 0 aromatic carbocycles. The van der Waals surface area contributed by atoms with Gasteiger partial charge in [0, 0.05) is 40.1 Å². The van der Waals surface area contributed by atoms with Gasteiger partial charge >= 0.3 is 0 Å². The Bertz CT molecular complexity index is 302. The number of methoxy groups -OCH3 is 2. The van der Waals surface area contributed by atoms with Crippen molar-refractivity contribution >= 4 is 0 Å². The average Bonchev–Trinajstić information content (AvgIpc) is 2.43. The Morgan fingerprint density at radius 1 is 1.28 bits per heavy atom. The van der Waals surface area contributed by atoms with E-state index in [1.54, 1.807) is 26.7 Å². The molecule has 18 heavy (non-hydrogen) atoms. The standard InChI is InChI=1S/C12H22N4O2/c1-17-7-5-16(6-8-18-2)12(9-13)11-3-4-14-10-15-11/h3-4,10,12H,5-9,13H2,1-2H3. The maximum atomic E-state index is 5.87. The second-order valence-corrected chi connectivity index (χ2v) is 3.91. The molecular weight excluding hydrogens is 232 g/mol. The van der Waals surface area contributed by atoms with E-state index in [2.05, 4.69) is 14.9 Å². The van der Waals surface area contributed by atoms with Crippen LogP contribution in [0.1, 0.15) is 11.7 Å². The van der Waals surface area contributed by atoms with Gasteiger partial charge in [-0.2, -0.15) is 0 Å². The second-order valence-electron chi connectivity index (χ2n) is 3.91. The summed E-state index contributed by atoms with van der Waals surface area (Å²) in [6.45, 7) is 3.42. The molecule has 0 spiro atoms. The minimum atomic E-state index is 0.0679. The van der Waals surface area contributed by atoms with Crippen LogP contribution in [0.5, 0.6) is 0 Å². The van der Waals surface area contributed by atoms with Crippen molar-refractivity contribution in [2.45, 2.75) is 6.04 Å². The Balaban J connectivity index is 2.72. The van der Waals surface area contributed by atoms with Gasteiger partial charge in [0.25, 0.3) is 0 Å². The SMILES string of the molecule is COCCN(CCOC)C(CN)c1ccncn1. The first-order valence-corrected chi connectivity index (χ1v) is 6.01. The molecule has 0 bridgehead atoms. The molecule has 0 saturated heterocycles. The van der Waals surface area contributed by atoms with Crippen LogP contribution in [-0.4, -0.2) is 61.9 Å². The first kappa shape index (κ1) is 15.0. The Hall–Kier alpha value is -1.08. The smallest absolute Gasteiger partial charge is 0.115 e. The normalized spacial score (nSPS) is 12.9. The van der Waals surface area contributed by atoms with Crippen molar-refractivity contribution < 1.29 is 9.47 Å². The number of hydrogen-bond acceptors (Lipinski definition) is 6. The lowest BCUT2D eigenvalue weighted by Crippen LogP contribution is -2.38. The molecule has 1 heterocycles. The van der Waals surface area contributed by atoms with E-state index < -0.39 is 0 Å². The fourth-order valence-corrected chi connectivity index (χ4v) is 1.80. The highest BCUT2D eigenvalue weighted by Gasteiger charge is 2.19. The molecule has 1 atom stereocenters. The van der Waals surface area contributed by atoms with Crippen molar-refractivity contribution in [3.63, 3.8) is 0 Å². The monoisotopic (exact) mass is 254 g/mol. The number of hydrogen-bond donors (Lipinski definition) is 1. The van der Waals surface area contributed by atoms with E-state index in [9.17, 15) is 0 Å². The topological polar surface area (TPSA) is 73.5 Å². The number of ether oxygens (including phenoxy) is 2. The lowest BCUT2D eigenvalue weighted by molar-refractivity contribution is 0.0879. The van der Waals surface area contributed by atoms with Crippen LogP contribution in [0.15, 0.2) is 18.6 Å². The van der Waals surface area contributed by atoms with Crippen LogP contribution in [0.25, 0.3) is 0 Å². The van der Waals surface area contributed by atoms with E-state index in [-0.39, 0.29) is 6.04 Å². The van der Waals surface area contributed by atoms with E-state index in [0.717, 1.165) is 18.8 Å². The summed E-state index contributed by atoms with van der Waals surface area (Å²) >= 11 is 0. The first-order chi connectivity index (χ1) is 8.83. The molecule has 0 aliphatic carbocycles. The van der Waals surface area contributed by atoms with Gasteiger partial charge in [-0.3, -0.25) is 4.90 Å². The van der Waals surface area contributed by atoms with Crippen LogP contribution < -0.4 is 5.73 Å². The van der Waals surface area contributed by atoms with Crippen LogP contribution >= 0.6 is 0 Å². The lowest BCUT2D eigenvalue weighted by atomic mass is 10.1. The second kappa shape index (κ2) is 8.93. The molecule has 0 aliphatic rings. The highest BCUT2D eigenvalue weighted by Crippen LogP contribution is 2.16. The third kappa shape index (κ3) is 4.66. The molecule has 0 saturated carbocycles. The van der Waals surface area contributed by atoms with E-state index in [0.29, 0.717) is 19.8 Å². The van der Waals surface area contributed by atoms with Crippen molar-refractivity contribution in [3.05, 3.63) is 24.3 Å². The van der Waals surface area contributed by atoms with Gasteiger partial charge in [0.1, 0.15) is 6.33 Å². The number of aromatic nitrogens is 2. The summed E-state index contributed by atoms with van der Waals surface area (Å²) < 4.78 is 10.3. The van der Waals surface area contributed by atoms with Gasteiger partial charge in [0.05, 0.1) is 24.9 Å². The molecule has 2 N–H and O–H groups in total. The molecule has 0 radical (unpaired) electrons. The summed E-state index contributed by atoms with van der Waals surface area (Å²) in [4.78, 5) is 10.4. The summed E-state index contributed by atoms with van der Waals surface area (Å²) in [5, 5.41) is 0. The molecule has 102 valence electrons. The van der Waals surface area contributed by atoms with Gasteiger partial charge in [0.2, 0.25) is 0 Å². The molecule has 1 rings (SSSR count). The van der Waals surface area contributed by atoms with Crippen LogP contribution in [-0.2, 0) is 9.47 Å². The van der Waals surface area contributed by atoms with E-state index in [4.69, 9.17) is 15.2 Å². The van der Waals surface area contributed by atoms with Crippen molar-refractivity contribution in [1.29, 1.82) is 0 Å². The maximum absolute atomic E-state index is 5.87. The van der Waals surface area contributed by atoms with Gasteiger partial charge in [0.15, 0.2) is 0 Å². The third-order valence-corrected chi connectivity index (χ3v) is 2.78. The molecule has 0 fully saturated rings. The average molecular weight is 254 g/mol. The van der Waals surface area contributed by atoms with Gasteiger partial charge in [-0.05, 0) is 6.07 Å². The molecule has 6 nitrogen and oxygen atoms in total. The summed E-state index contributed by atoms with van der Waals surface area (Å²) in [6, 6.07) is 1.96. The number of nitrogens with zero attached hydrogens (tertiary/aromatic N) is 3. The summed E-state index contributed by atoms with van der Waals surface area (Å²) in [5.74, 6) is 0. The van der Waals surface area contributed by atoms with Crippen LogP contribution in [0.4, 0.5) is 0 Å². The quantitative estimate of drug-likeness (QED) is 0.672. The van der Waals surface area contributed by atoms with Crippen molar-refractivity contribution in [1.82, 2.24) is 14.9 Å². The Labute approximate surface area is 108 Å². The molecule has 1 aromatic rings. The van der Waals surface area contributed by atoms with Crippen molar-refractivity contribution in [2.24, 2.45) is 5.73 Å². The highest BCUT2D eigenvalue weighted by atomic mass is 16.5. The largest absolute Gasteiger partial charge is 0.383 e. The summed E-state index contributed by atoms with van der Waals surface area (Å²) in [7, 11) is 3.38. The first-order valence-electron chi connectivity index (χ1n) is 6.01. The molecule has 1 unspecified atom stereocenters. The zero-order valence-corrected chi connectivity index (χ0v) is 11.1. The summed E-state index contributed by atoms with van der Waals surface area (Å²) in [6.07, 6.45) is 3.28. The Kier molecular flexibility index (Phi) is 7.43. The van der Waals surface area contributed by atoms with Gasteiger partial charge < -0.3 is 15.2 Å². The fraction of sp³-hybridized carbons (Fsp3) is 0.667. The third-order valence-electron chi connectivity index (χ3n) is 2.78. The van der Waals surface area contributed by atoms with E-state index in [1.165, 1.54) is 0 Å². The number of nitrogens with two attached hydrogens (primary N) is 1. The van der Waals surface area contributed by atoms with E-state index in [1.807, 2.05) is 6.07 Å². The van der Waals surface area contributed by atoms with Crippen LogP contribution in [0.2, 0.25) is 0 Å². The molecule has 0 amide bonds. The van der Waals surface area contributed by atoms with E-state index >= 15 is 0 Å². The zero-order valence-electron chi connectivity index (χ0n) is 11.1. The minimum absolute atomic E-state index is 0.0679. The highest BCUT2D eigenvalue weighted by molar-refractivity contribution is 5.05. The molecule has 1 aromatic heterocycles. The minimum Gasteiger partial charge on any atom is -0.383 e. The predicted molar refractivity (Wildman–Crippen MR) is 69.2 cm³/mol. The maximum Gasteiger partial charge on any atom is 0.115 e. The Morgan fingerprint density at radius 3 is 2.39 bits per heavy atom. The molecule has 6 heteroatoms. The molecule has 0 aliphatic heterocycles. The van der Waals surface area contributed by atoms with Crippen LogP contribution in [0.3, 0.4) is 0 Å². The Morgan fingerprint density at radius 2 is 1.94 bits per heavy atom. The fourth-order valence-electron chi connectivity index (χ4n) is 1.80. The lowest BCUT2D eigenvalue weighted by Gasteiger charge is -2.29. The summed E-state index contributed by atoms with van der Waals surface area (Å²) in [5.41, 5.74) is 6.80. The van der Waals surface area contributed by atoms with Crippen molar-refractivity contribution in [2.75, 3.05) is 47.1 Å². The molecular formula is C12H22N4O2. The number of rotatable bonds is 9. The van der Waals surface area contributed by atoms with Gasteiger partial charge in [-0.25, -0.2) is 9.97 Å². The zero-order chi connectivity index (χ0) is 13.2. The van der Waals surface area contributed by atoms with Gasteiger partial charge in [-0.1, -0.05) is 0 Å². The van der Waals surface area contributed by atoms with Crippen molar-refractivity contribution in [3.8, 4) is 0 Å². The van der Waals surface area contributed by atoms with Crippen LogP contribution in [0, 0.1) is 0 Å². The van der Waals surface area contributed by atoms with Gasteiger partial charge in [-0.15, -0.1) is 0 Å².